The molecule has 1 amide bonds. The smallest absolute Gasteiger partial charge is 0.222 e. The molecule has 0 spiro atoms. The van der Waals surface area contributed by atoms with Gasteiger partial charge < -0.3 is 15.5 Å². The van der Waals surface area contributed by atoms with Crippen LogP contribution in [-0.2, 0) is 4.79 Å². The monoisotopic (exact) mass is 199 g/mol. The molecule has 14 heavy (non-hydrogen) atoms. The van der Waals surface area contributed by atoms with Gasteiger partial charge in [-0.25, -0.2) is 0 Å². The first-order valence-electron chi connectivity index (χ1n) is 5.29. The molecule has 1 rings (SSSR count). The lowest BCUT2D eigenvalue weighted by Gasteiger charge is -2.31. The van der Waals surface area contributed by atoms with Gasteiger partial charge in [0.15, 0.2) is 0 Å². The molecule has 0 saturated carbocycles. The Morgan fingerprint density at radius 2 is 2.36 bits per heavy atom. The van der Waals surface area contributed by atoms with E-state index in [1.165, 1.54) is 0 Å². The number of carbonyl (C=O) groups is 1. The fourth-order valence-electron chi connectivity index (χ4n) is 1.56. The molecule has 1 atom stereocenters. The zero-order valence-corrected chi connectivity index (χ0v) is 9.34. The molecule has 0 aliphatic carbocycles. The van der Waals surface area contributed by atoms with Crippen molar-refractivity contribution in [1.29, 1.82) is 0 Å². The van der Waals surface area contributed by atoms with Crippen molar-refractivity contribution in [1.82, 2.24) is 15.5 Å². The molecule has 82 valence electrons. The minimum Gasteiger partial charge on any atom is -0.354 e. The number of likely N-dealkylation sites (N-methyl/N-ethyl adjacent to an activating group) is 1. The van der Waals surface area contributed by atoms with E-state index in [1.807, 2.05) is 13.8 Å². The first kappa shape index (κ1) is 11.5. The predicted molar refractivity (Wildman–Crippen MR) is 57.1 cm³/mol. The third kappa shape index (κ3) is 3.64. The molecule has 4 heteroatoms. The average Bonchev–Trinajstić information content (AvgIpc) is 2.14. The van der Waals surface area contributed by atoms with Gasteiger partial charge in [0, 0.05) is 38.1 Å². The zero-order chi connectivity index (χ0) is 10.6. The van der Waals surface area contributed by atoms with Crippen molar-refractivity contribution in [3.63, 3.8) is 0 Å². The maximum absolute atomic E-state index is 11.3. The molecule has 2 N–H and O–H groups in total. The van der Waals surface area contributed by atoms with E-state index in [2.05, 4.69) is 22.6 Å². The molecule has 1 aliphatic heterocycles. The number of piperazine rings is 1. The van der Waals surface area contributed by atoms with Crippen LogP contribution < -0.4 is 10.6 Å². The van der Waals surface area contributed by atoms with Crippen LogP contribution in [0.5, 0.6) is 0 Å². The van der Waals surface area contributed by atoms with Crippen LogP contribution in [0, 0.1) is 5.92 Å². The highest BCUT2D eigenvalue weighted by Crippen LogP contribution is 1.96. The van der Waals surface area contributed by atoms with Crippen molar-refractivity contribution in [2.75, 3.05) is 33.2 Å². The summed E-state index contributed by atoms with van der Waals surface area (Å²) in [6.45, 7) is 7.68. The highest BCUT2D eigenvalue weighted by Gasteiger charge is 2.17. The summed E-state index contributed by atoms with van der Waals surface area (Å²) in [6, 6.07) is 0.399. The molecule has 1 saturated heterocycles. The standard InChI is InChI=1S/C10H21N3O/c1-8(2)10(14)12-6-9-7-13(3)5-4-11-9/h8-9,11H,4-7H2,1-3H3,(H,12,14). The molecule has 1 heterocycles. The van der Waals surface area contributed by atoms with Crippen LogP contribution in [0.1, 0.15) is 13.8 Å². The number of carbonyl (C=O) groups excluding carboxylic acids is 1. The average molecular weight is 199 g/mol. The van der Waals surface area contributed by atoms with E-state index < -0.39 is 0 Å². The van der Waals surface area contributed by atoms with Crippen LogP contribution in [0.25, 0.3) is 0 Å². The Labute approximate surface area is 86.0 Å². The van der Waals surface area contributed by atoms with E-state index in [9.17, 15) is 4.79 Å². The molecule has 1 unspecified atom stereocenters. The quantitative estimate of drug-likeness (QED) is 0.654. The Kier molecular flexibility index (Phi) is 4.35. The maximum atomic E-state index is 11.3. The highest BCUT2D eigenvalue weighted by molar-refractivity contribution is 5.77. The fourth-order valence-corrected chi connectivity index (χ4v) is 1.56. The number of hydrogen-bond acceptors (Lipinski definition) is 3. The summed E-state index contributed by atoms with van der Waals surface area (Å²) in [5.74, 6) is 0.219. The summed E-state index contributed by atoms with van der Waals surface area (Å²) < 4.78 is 0. The van der Waals surface area contributed by atoms with Gasteiger partial charge in [-0.05, 0) is 7.05 Å². The van der Waals surface area contributed by atoms with Crippen LogP contribution in [-0.4, -0.2) is 50.1 Å². The van der Waals surface area contributed by atoms with Crippen LogP contribution in [0.15, 0.2) is 0 Å². The fraction of sp³-hybridized carbons (Fsp3) is 0.900. The largest absolute Gasteiger partial charge is 0.354 e. The number of hydrogen-bond donors (Lipinski definition) is 2. The molecule has 0 aromatic heterocycles. The Morgan fingerprint density at radius 3 is 2.93 bits per heavy atom. The summed E-state index contributed by atoms with van der Waals surface area (Å²) in [5.41, 5.74) is 0. The van der Waals surface area contributed by atoms with Crippen molar-refractivity contribution in [3.05, 3.63) is 0 Å². The SMILES string of the molecule is CC(C)C(=O)NCC1CN(C)CCN1. The lowest BCUT2D eigenvalue weighted by Crippen LogP contribution is -2.54. The van der Waals surface area contributed by atoms with Crippen molar-refractivity contribution in [2.24, 2.45) is 5.92 Å². The third-order valence-electron chi connectivity index (χ3n) is 2.51. The number of nitrogens with one attached hydrogen (secondary N) is 2. The lowest BCUT2D eigenvalue weighted by atomic mass is 10.2. The molecule has 4 nitrogen and oxygen atoms in total. The molecule has 0 radical (unpaired) electrons. The van der Waals surface area contributed by atoms with Gasteiger partial charge in [0.05, 0.1) is 0 Å². The van der Waals surface area contributed by atoms with Crippen molar-refractivity contribution in [2.45, 2.75) is 19.9 Å². The highest BCUT2D eigenvalue weighted by atomic mass is 16.1. The first-order valence-corrected chi connectivity index (χ1v) is 5.29. The van der Waals surface area contributed by atoms with Crippen LogP contribution >= 0.6 is 0 Å². The molecule has 0 bridgehead atoms. The second kappa shape index (κ2) is 5.32. The van der Waals surface area contributed by atoms with Crippen LogP contribution in [0.4, 0.5) is 0 Å². The molecule has 1 aliphatic rings. The van der Waals surface area contributed by atoms with Gasteiger partial charge in [-0.1, -0.05) is 13.8 Å². The Morgan fingerprint density at radius 1 is 1.64 bits per heavy atom. The topological polar surface area (TPSA) is 44.4 Å². The van der Waals surface area contributed by atoms with Crippen LogP contribution in [0.2, 0.25) is 0 Å². The maximum Gasteiger partial charge on any atom is 0.222 e. The third-order valence-corrected chi connectivity index (χ3v) is 2.51. The molecular formula is C10H21N3O. The van der Waals surface area contributed by atoms with Crippen LogP contribution in [0.3, 0.4) is 0 Å². The van der Waals surface area contributed by atoms with Gasteiger partial charge in [-0.2, -0.15) is 0 Å². The van der Waals surface area contributed by atoms with Gasteiger partial charge in [-0.15, -0.1) is 0 Å². The molecule has 0 aromatic rings. The Balaban J connectivity index is 2.20. The van der Waals surface area contributed by atoms with E-state index in [0.29, 0.717) is 6.04 Å². The minimum atomic E-state index is 0.0799. The molecular weight excluding hydrogens is 178 g/mol. The van der Waals surface area contributed by atoms with Gasteiger partial charge >= 0.3 is 0 Å². The van der Waals surface area contributed by atoms with E-state index >= 15 is 0 Å². The Bertz CT molecular complexity index is 194. The minimum absolute atomic E-state index is 0.0799. The van der Waals surface area contributed by atoms with Gasteiger partial charge in [0.1, 0.15) is 0 Å². The molecule has 1 fully saturated rings. The summed E-state index contributed by atoms with van der Waals surface area (Å²) in [5, 5.41) is 6.33. The Hall–Kier alpha value is -0.610. The van der Waals surface area contributed by atoms with Crippen molar-refractivity contribution < 1.29 is 4.79 Å². The number of amides is 1. The van der Waals surface area contributed by atoms with E-state index in [1.54, 1.807) is 0 Å². The summed E-state index contributed by atoms with van der Waals surface area (Å²) in [4.78, 5) is 13.6. The predicted octanol–water partition coefficient (Wildman–Crippen LogP) is -0.338. The zero-order valence-electron chi connectivity index (χ0n) is 9.34. The summed E-state index contributed by atoms with van der Waals surface area (Å²) >= 11 is 0. The number of rotatable bonds is 3. The van der Waals surface area contributed by atoms with Crippen molar-refractivity contribution in [3.8, 4) is 0 Å². The first-order chi connectivity index (χ1) is 6.59. The van der Waals surface area contributed by atoms with Crippen molar-refractivity contribution >= 4 is 5.91 Å². The second-order valence-electron chi connectivity index (χ2n) is 4.31. The van der Waals surface area contributed by atoms with E-state index in [0.717, 1.165) is 26.2 Å². The van der Waals surface area contributed by atoms with Gasteiger partial charge in [0.2, 0.25) is 5.91 Å². The van der Waals surface area contributed by atoms with Gasteiger partial charge in [-0.3, -0.25) is 4.79 Å². The van der Waals surface area contributed by atoms with E-state index in [4.69, 9.17) is 0 Å². The summed E-state index contributed by atoms with van der Waals surface area (Å²) in [7, 11) is 2.11. The second-order valence-corrected chi connectivity index (χ2v) is 4.31. The van der Waals surface area contributed by atoms with Gasteiger partial charge in [0.25, 0.3) is 0 Å². The summed E-state index contributed by atoms with van der Waals surface area (Å²) in [6.07, 6.45) is 0. The van der Waals surface area contributed by atoms with E-state index in [-0.39, 0.29) is 11.8 Å². The molecule has 0 aromatic carbocycles. The lowest BCUT2D eigenvalue weighted by molar-refractivity contribution is -0.124. The normalized spacial score (nSPS) is 23.9. The number of nitrogens with zero attached hydrogens (tertiary/aromatic N) is 1.